The molecule has 0 saturated carbocycles. The van der Waals surface area contributed by atoms with Crippen LogP contribution in [0.5, 0.6) is 0 Å². The summed E-state index contributed by atoms with van der Waals surface area (Å²) in [6.45, 7) is -0.0156. The Kier molecular flexibility index (Phi) is 3.79. The molecule has 2 N–H and O–H groups in total. The summed E-state index contributed by atoms with van der Waals surface area (Å²) in [7, 11) is 0. The molecule has 0 aliphatic carbocycles. The fourth-order valence-corrected chi connectivity index (χ4v) is 1.65. The van der Waals surface area contributed by atoms with Gasteiger partial charge in [-0.2, -0.15) is 0 Å². The Bertz CT molecular complexity index is 630. The van der Waals surface area contributed by atoms with Crippen molar-refractivity contribution in [1.82, 2.24) is 5.16 Å². The van der Waals surface area contributed by atoms with Crippen LogP contribution in [0.2, 0.25) is 0 Å². The summed E-state index contributed by atoms with van der Waals surface area (Å²) in [6.07, 6.45) is 0. The lowest BCUT2D eigenvalue weighted by atomic mass is 10.3. The smallest absolute Gasteiger partial charge is 0.358 e. The molecule has 0 unspecified atom stereocenters. The van der Waals surface area contributed by atoms with Gasteiger partial charge in [0.05, 0.1) is 16.7 Å². The lowest BCUT2D eigenvalue weighted by Crippen LogP contribution is -2.01. The van der Waals surface area contributed by atoms with Gasteiger partial charge in [-0.1, -0.05) is 5.16 Å². The summed E-state index contributed by atoms with van der Waals surface area (Å²) in [5.41, 5.74) is -0.312. The van der Waals surface area contributed by atoms with Crippen LogP contribution in [0.15, 0.2) is 27.2 Å². The maximum Gasteiger partial charge on any atom is 0.358 e. The Balaban J connectivity index is 2.09. The van der Waals surface area contributed by atoms with Crippen LogP contribution in [-0.4, -0.2) is 16.2 Å². The monoisotopic (exact) mass is 332 g/mol. The number of halogens is 3. The van der Waals surface area contributed by atoms with Gasteiger partial charge in [-0.3, -0.25) is 0 Å². The molecule has 8 heteroatoms. The fraction of sp³-hybridized carbons (Fsp3) is 0.0909. The Morgan fingerprint density at radius 2 is 2.11 bits per heavy atom. The average Bonchev–Trinajstić information content (AvgIpc) is 2.81. The third kappa shape index (κ3) is 3.08. The maximum absolute atomic E-state index is 13.5. The van der Waals surface area contributed by atoms with Gasteiger partial charge in [0.25, 0.3) is 0 Å². The average molecular weight is 333 g/mol. The van der Waals surface area contributed by atoms with E-state index in [1.165, 1.54) is 6.07 Å². The molecule has 0 fully saturated rings. The lowest BCUT2D eigenvalue weighted by molar-refractivity contribution is 0.0685. The SMILES string of the molecule is O=C(O)c1cc(CNc2cc(F)c(Br)cc2F)on1. The first-order valence-electron chi connectivity index (χ1n) is 5.04. The number of carboxylic acids is 1. The van der Waals surface area contributed by atoms with Gasteiger partial charge in [0.2, 0.25) is 0 Å². The molecule has 0 aliphatic heterocycles. The summed E-state index contributed by atoms with van der Waals surface area (Å²) in [5.74, 6) is -2.30. The zero-order valence-corrected chi connectivity index (χ0v) is 10.9. The van der Waals surface area contributed by atoms with Crippen molar-refractivity contribution in [3.8, 4) is 0 Å². The molecule has 0 atom stereocenters. The molecule has 0 bridgehead atoms. The number of nitrogens with zero attached hydrogens (tertiary/aromatic N) is 1. The minimum atomic E-state index is -1.23. The number of aromatic nitrogens is 1. The van der Waals surface area contributed by atoms with E-state index in [1.54, 1.807) is 0 Å². The Morgan fingerprint density at radius 3 is 2.74 bits per heavy atom. The minimum Gasteiger partial charge on any atom is -0.476 e. The molecule has 1 aromatic heterocycles. The van der Waals surface area contributed by atoms with Crippen LogP contribution >= 0.6 is 15.9 Å². The molecule has 0 saturated heterocycles. The van der Waals surface area contributed by atoms with E-state index in [0.717, 1.165) is 12.1 Å². The second-order valence-electron chi connectivity index (χ2n) is 3.58. The largest absolute Gasteiger partial charge is 0.476 e. The summed E-state index contributed by atoms with van der Waals surface area (Å²) in [5, 5.41) is 14.5. The molecule has 0 spiro atoms. The van der Waals surface area contributed by atoms with E-state index < -0.39 is 17.6 Å². The summed E-state index contributed by atoms with van der Waals surface area (Å²) in [6, 6.07) is 3.16. The second kappa shape index (κ2) is 5.35. The van der Waals surface area contributed by atoms with Gasteiger partial charge in [0.1, 0.15) is 11.6 Å². The second-order valence-corrected chi connectivity index (χ2v) is 4.44. The van der Waals surface area contributed by atoms with Crippen LogP contribution in [0.1, 0.15) is 16.2 Å². The molecule has 1 aromatic carbocycles. The highest BCUT2D eigenvalue weighted by Gasteiger charge is 2.12. The van der Waals surface area contributed by atoms with E-state index in [2.05, 4.69) is 26.4 Å². The predicted octanol–water partition coefficient (Wildman–Crippen LogP) is 3.03. The Morgan fingerprint density at radius 1 is 1.37 bits per heavy atom. The number of aromatic carboxylic acids is 1. The molecule has 0 aliphatic rings. The molecule has 2 aromatic rings. The van der Waals surface area contributed by atoms with Crippen molar-refractivity contribution in [3.05, 3.63) is 45.8 Å². The van der Waals surface area contributed by atoms with E-state index in [1.807, 2.05) is 0 Å². The molecular formula is C11H7BrF2N2O3. The first-order chi connectivity index (χ1) is 8.97. The molecule has 0 amide bonds. The minimum absolute atomic E-state index is 0.0156. The van der Waals surface area contributed by atoms with E-state index in [0.29, 0.717) is 0 Å². The van der Waals surface area contributed by atoms with Crippen molar-refractivity contribution in [1.29, 1.82) is 0 Å². The van der Waals surface area contributed by atoms with Gasteiger partial charge >= 0.3 is 5.97 Å². The molecule has 0 radical (unpaired) electrons. The van der Waals surface area contributed by atoms with E-state index in [9.17, 15) is 13.6 Å². The molecular weight excluding hydrogens is 326 g/mol. The van der Waals surface area contributed by atoms with Gasteiger partial charge in [-0.25, -0.2) is 13.6 Å². The van der Waals surface area contributed by atoms with Crippen molar-refractivity contribution in [2.45, 2.75) is 6.54 Å². The number of hydrogen-bond acceptors (Lipinski definition) is 4. The first kappa shape index (κ1) is 13.5. The molecule has 2 rings (SSSR count). The number of rotatable bonds is 4. The van der Waals surface area contributed by atoms with Gasteiger partial charge in [-0.15, -0.1) is 0 Å². The number of hydrogen-bond donors (Lipinski definition) is 2. The lowest BCUT2D eigenvalue weighted by Gasteiger charge is -2.06. The Labute approximate surface area is 114 Å². The maximum atomic E-state index is 13.5. The van der Waals surface area contributed by atoms with Crippen molar-refractivity contribution in [2.75, 3.05) is 5.32 Å². The van der Waals surface area contributed by atoms with Crippen molar-refractivity contribution in [2.24, 2.45) is 0 Å². The van der Waals surface area contributed by atoms with Crippen LogP contribution in [0.4, 0.5) is 14.5 Å². The number of carbonyl (C=O) groups is 1. The highest BCUT2D eigenvalue weighted by Crippen LogP contribution is 2.23. The molecule has 1 heterocycles. The van der Waals surface area contributed by atoms with Crippen LogP contribution < -0.4 is 5.32 Å². The third-order valence-corrected chi connectivity index (χ3v) is 2.85. The first-order valence-corrected chi connectivity index (χ1v) is 5.84. The van der Waals surface area contributed by atoms with E-state index >= 15 is 0 Å². The van der Waals surface area contributed by atoms with Gasteiger partial charge in [0.15, 0.2) is 11.5 Å². The summed E-state index contributed by atoms with van der Waals surface area (Å²) < 4.78 is 31.4. The van der Waals surface area contributed by atoms with Crippen molar-refractivity contribution < 1.29 is 23.2 Å². The van der Waals surface area contributed by atoms with Crippen LogP contribution in [0.3, 0.4) is 0 Å². The topological polar surface area (TPSA) is 75.4 Å². The van der Waals surface area contributed by atoms with Gasteiger partial charge < -0.3 is 14.9 Å². The third-order valence-electron chi connectivity index (χ3n) is 2.24. The highest BCUT2D eigenvalue weighted by atomic mass is 79.9. The van der Waals surface area contributed by atoms with Crippen molar-refractivity contribution in [3.63, 3.8) is 0 Å². The van der Waals surface area contributed by atoms with E-state index in [4.69, 9.17) is 9.63 Å². The standard InChI is InChI=1S/C11H7BrF2N2O3/c12-6-2-8(14)9(3-7(6)13)15-4-5-1-10(11(17)18)16-19-5/h1-3,15H,4H2,(H,17,18). The number of anilines is 1. The van der Waals surface area contributed by atoms with Crippen LogP contribution in [-0.2, 0) is 6.54 Å². The molecule has 19 heavy (non-hydrogen) atoms. The quantitative estimate of drug-likeness (QED) is 0.842. The zero-order valence-electron chi connectivity index (χ0n) is 9.28. The van der Waals surface area contributed by atoms with Crippen LogP contribution in [0.25, 0.3) is 0 Å². The summed E-state index contributed by atoms with van der Waals surface area (Å²) >= 11 is 2.86. The molecule has 100 valence electrons. The fourth-order valence-electron chi connectivity index (χ4n) is 1.34. The zero-order chi connectivity index (χ0) is 14.0. The number of carboxylic acid groups (broad SMARTS) is 1. The van der Waals surface area contributed by atoms with Crippen LogP contribution in [0, 0.1) is 11.6 Å². The normalized spacial score (nSPS) is 10.5. The van der Waals surface area contributed by atoms with Crippen molar-refractivity contribution >= 4 is 27.6 Å². The van der Waals surface area contributed by atoms with Gasteiger partial charge in [-0.05, 0) is 22.0 Å². The number of nitrogens with one attached hydrogen (secondary N) is 1. The Hall–Kier alpha value is -1.96. The van der Waals surface area contributed by atoms with Gasteiger partial charge in [0, 0.05) is 12.1 Å². The van der Waals surface area contributed by atoms with E-state index in [-0.39, 0.29) is 28.2 Å². The number of benzene rings is 1. The predicted molar refractivity (Wildman–Crippen MR) is 64.8 cm³/mol. The summed E-state index contributed by atoms with van der Waals surface area (Å²) in [4.78, 5) is 10.6. The molecule has 5 nitrogen and oxygen atoms in total. The highest BCUT2D eigenvalue weighted by molar-refractivity contribution is 9.10.